The molecule has 1 aliphatic heterocycles. The summed E-state index contributed by atoms with van der Waals surface area (Å²) in [6.07, 6.45) is -3.05. The number of benzene rings is 1. The minimum atomic E-state index is -4.45. The van der Waals surface area contributed by atoms with E-state index in [1.165, 1.54) is 6.20 Å². The normalized spacial score (nSPS) is 14.6. The lowest BCUT2D eigenvalue weighted by molar-refractivity contribution is -0.137. The molecule has 1 aromatic heterocycles. The van der Waals surface area contributed by atoms with Gasteiger partial charge in [-0.1, -0.05) is 0 Å². The van der Waals surface area contributed by atoms with Gasteiger partial charge in [0.1, 0.15) is 5.82 Å². The minimum Gasteiger partial charge on any atom is -0.323 e. The van der Waals surface area contributed by atoms with Crippen LogP contribution in [0.25, 0.3) is 0 Å². The molecule has 1 N–H and O–H groups in total. The van der Waals surface area contributed by atoms with E-state index in [-0.39, 0.29) is 11.6 Å². The van der Waals surface area contributed by atoms with Crippen molar-refractivity contribution in [3.8, 4) is 0 Å². The molecular weight excluding hydrogens is 361 g/mol. The Labute approximate surface area is 153 Å². The zero-order chi connectivity index (χ0) is 19.6. The van der Waals surface area contributed by atoms with E-state index in [1.54, 1.807) is 21.9 Å². The maximum absolute atomic E-state index is 12.6. The number of nitrogens with one attached hydrogen (secondary N) is 1. The highest BCUT2D eigenvalue weighted by molar-refractivity contribution is 6.04. The topological polar surface area (TPSA) is 65.5 Å². The largest absolute Gasteiger partial charge is 0.416 e. The highest BCUT2D eigenvalue weighted by atomic mass is 19.4. The van der Waals surface area contributed by atoms with Crippen LogP contribution in [0.1, 0.15) is 22.8 Å². The van der Waals surface area contributed by atoms with E-state index < -0.39 is 17.6 Å². The third kappa shape index (κ3) is 4.02. The van der Waals surface area contributed by atoms with Crippen molar-refractivity contribution in [3.63, 3.8) is 0 Å². The average molecular weight is 378 g/mol. The lowest BCUT2D eigenvalue weighted by Crippen LogP contribution is -2.32. The van der Waals surface area contributed by atoms with E-state index in [0.717, 1.165) is 24.3 Å². The second-order valence-corrected chi connectivity index (χ2v) is 5.95. The highest BCUT2D eigenvalue weighted by Gasteiger charge is 2.30. The summed E-state index contributed by atoms with van der Waals surface area (Å²) in [5.41, 5.74) is -0.343. The van der Waals surface area contributed by atoms with E-state index in [0.29, 0.717) is 31.1 Å². The number of hydrogen-bond acceptors (Lipinski definition) is 3. The quantitative estimate of drug-likeness (QED) is 0.884. The molecule has 3 rings (SSSR count). The zero-order valence-corrected chi connectivity index (χ0v) is 14.5. The third-order valence-corrected chi connectivity index (χ3v) is 4.23. The lowest BCUT2D eigenvalue weighted by atomic mass is 10.1. The van der Waals surface area contributed by atoms with Crippen LogP contribution in [0.5, 0.6) is 0 Å². The van der Waals surface area contributed by atoms with Crippen molar-refractivity contribution < 1.29 is 22.8 Å². The smallest absolute Gasteiger partial charge is 0.323 e. The molecule has 3 amide bonds. The van der Waals surface area contributed by atoms with Crippen molar-refractivity contribution in [3.05, 3.63) is 53.7 Å². The molecule has 1 aromatic carbocycles. The molecule has 0 spiro atoms. The van der Waals surface area contributed by atoms with Gasteiger partial charge in [-0.25, -0.2) is 9.78 Å². The predicted molar refractivity (Wildman–Crippen MR) is 93.6 cm³/mol. The van der Waals surface area contributed by atoms with Crippen molar-refractivity contribution in [1.29, 1.82) is 0 Å². The Balaban J connectivity index is 1.66. The van der Waals surface area contributed by atoms with Gasteiger partial charge in [-0.2, -0.15) is 13.2 Å². The summed E-state index contributed by atoms with van der Waals surface area (Å²) in [6.45, 7) is 3.69. The number of alkyl halides is 3. The first-order valence-electron chi connectivity index (χ1n) is 8.30. The minimum absolute atomic E-state index is 0.0976. The van der Waals surface area contributed by atoms with Crippen LogP contribution in [0.2, 0.25) is 0 Å². The molecule has 142 valence electrons. The number of hydrogen-bond donors (Lipinski definition) is 1. The number of nitrogens with zero attached hydrogens (tertiary/aromatic N) is 3. The van der Waals surface area contributed by atoms with E-state index in [1.807, 2.05) is 6.92 Å². The first-order chi connectivity index (χ1) is 12.8. The summed E-state index contributed by atoms with van der Waals surface area (Å²) >= 11 is 0. The number of carbonyl (C=O) groups is 2. The number of likely N-dealkylation sites (N-methyl/N-ethyl adjacent to an activating group) is 1. The van der Waals surface area contributed by atoms with Gasteiger partial charge in [0.25, 0.3) is 5.91 Å². The molecule has 27 heavy (non-hydrogen) atoms. The van der Waals surface area contributed by atoms with Gasteiger partial charge < -0.3 is 10.2 Å². The number of amides is 3. The Bertz CT molecular complexity index is 835. The van der Waals surface area contributed by atoms with Crippen molar-refractivity contribution in [2.45, 2.75) is 13.1 Å². The van der Waals surface area contributed by atoms with E-state index in [9.17, 15) is 22.8 Å². The van der Waals surface area contributed by atoms with Gasteiger partial charge in [-0.05, 0) is 43.3 Å². The van der Waals surface area contributed by atoms with Crippen LogP contribution in [-0.2, 0) is 6.18 Å². The maximum atomic E-state index is 12.6. The summed E-state index contributed by atoms with van der Waals surface area (Å²) in [7, 11) is 0. The van der Waals surface area contributed by atoms with Gasteiger partial charge in [0, 0.05) is 25.2 Å². The number of rotatable bonds is 4. The number of pyridine rings is 1. The van der Waals surface area contributed by atoms with Crippen LogP contribution < -0.4 is 10.2 Å². The molecule has 0 unspecified atom stereocenters. The van der Waals surface area contributed by atoms with Crippen molar-refractivity contribution in [1.82, 2.24) is 9.88 Å². The van der Waals surface area contributed by atoms with Crippen LogP contribution in [0, 0.1) is 0 Å². The standard InChI is InChI=1S/C18H17F3N4O2/c1-2-24-9-10-25(17(24)27)15-8-7-14(11-22-15)23-16(26)12-3-5-13(6-4-12)18(19,20)21/h3-8,11H,2,9-10H2,1H3,(H,23,26). The lowest BCUT2D eigenvalue weighted by Gasteiger charge is -2.16. The van der Waals surface area contributed by atoms with Crippen molar-refractivity contribution in [2.75, 3.05) is 29.9 Å². The molecular formula is C18H17F3N4O2. The zero-order valence-electron chi connectivity index (χ0n) is 14.5. The Hall–Kier alpha value is -3.10. The molecule has 1 fully saturated rings. The second-order valence-electron chi connectivity index (χ2n) is 5.95. The van der Waals surface area contributed by atoms with Gasteiger partial charge in [0.15, 0.2) is 0 Å². The number of anilines is 2. The first-order valence-corrected chi connectivity index (χ1v) is 8.30. The summed E-state index contributed by atoms with van der Waals surface area (Å²) in [4.78, 5) is 31.7. The SMILES string of the molecule is CCN1CCN(c2ccc(NC(=O)c3ccc(C(F)(F)F)cc3)cn2)C1=O. The average Bonchev–Trinajstić information content (AvgIpc) is 3.02. The fraction of sp³-hybridized carbons (Fsp3) is 0.278. The number of aromatic nitrogens is 1. The Morgan fingerprint density at radius 1 is 1.15 bits per heavy atom. The van der Waals surface area contributed by atoms with E-state index in [2.05, 4.69) is 10.3 Å². The molecule has 9 heteroatoms. The first kappa shape index (κ1) is 18.7. The summed E-state index contributed by atoms with van der Waals surface area (Å²) in [5, 5.41) is 2.57. The molecule has 2 aromatic rings. The number of urea groups is 1. The van der Waals surface area contributed by atoms with Gasteiger partial charge in [-0.15, -0.1) is 0 Å². The number of carbonyl (C=O) groups excluding carboxylic acids is 2. The predicted octanol–water partition coefficient (Wildman–Crippen LogP) is 3.61. The molecule has 0 radical (unpaired) electrons. The third-order valence-electron chi connectivity index (χ3n) is 4.23. The molecule has 2 heterocycles. The number of halogens is 3. The second kappa shape index (κ2) is 7.26. The molecule has 0 saturated carbocycles. The highest BCUT2D eigenvalue weighted by Crippen LogP contribution is 2.29. The van der Waals surface area contributed by atoms with Crippen LogP contribution >= 0.6 is 0 Å². The summed E-state index contributed by atoms with van der Waals surface area (Å²) in [6, 6.07) is 7.02. The fourth-order valence-corrected chi connectivity index (χ4v) is 2.72. The molecule has 6 nitrogen and oxygen atoms in total. The van der Waals surface area contributed by atoms with E-state index in [4.69, 9.17) is 0 Å². The van der Waals surface area contributed by atoms with Crippen molar-refractivity contribution in [2.24, 2.45) is 0 Å². The summed E-state index contributed by atoms with van der Waals surface area (Å²) in [5.74, 6) is -0.0730. The van der Waals surface area contributed by atoms with Gasteiger partial charge in [0.05, 0.1) is 17.4 Å². The van der Waals surface area contributed by atoms with Crippen LogP contribution in [-0.4, -0.2) is 41.5 Å². The Kier molecular flexibility index (Phi) is 5.02. The molecule has 1 saturated heterocycles. The van der Waals surface area contributed by atoms with Crippen molar-refractivity contribution >= 4 is 23.4 Å². The maximum Gasteiger partial charge on any atom is 0.416 e. The molecule has 1 aliphatic rings. The molecule has 0 aliphatic carbocycles. The van der Waals surface area contributed by atoms with Crippen LogP contribution in [0.4, 0.5) is 29.5 Å². The van der Waals surface area contributed by atoms with Gasteiger partial charge >= 0.3 is 12.2 Å². The summed E-state index contributed by atoms with van der Waals surface area (Å²) < 4.78 is 37.7. The van der Waals surface area contributed by atoms with Gasteiger partial charge in [0.2, 0.25) is 0 Å². The van der Waals surface area contributed by atoms with Gasteiger partial charge in [-0.3, -0.25) is 9.69 Å². The monoisotopic (exact) mass is 378 g/mol. The fourth-order valence-electron chi connectivity index (χ4n) is 2.72. The molecule has 0 bridgehead atoms. The van der Waals surface area contributed by atoms with E-state index >= 15 is 0 Å². The Morgan fingerprint density at radius 3 is 2.37 bits per heavy atom. The van der Waals surface area contributed by atoms with Crippen LogP contribution in [0.3, 0.4) is 0 Å². The van der Waals surface area contributed by atoms with Crippen LogP contribution in [0.15, 0.2) is 42.6 Å². The Morgan fingerprint density at radius 2 is 1.85 bits per heavy atom. The molecule has 0 atom stereocenters.